The molecule has 0 bridgehead atoms. The molecule has 1 aromatic carbocycles. The van der Waals surface area contributed by atoms with Gasteiger partial charge in [-0.15, -0.1) is 0 Å². The summed E-state index contributed by atoms with van der Waals surface area (Å²) in [6.45, 7) is 2.32. The predicted molar refractivity (Wildman–Crippen MR) is 99.7 cm³/mol. The molecule has 0 atom stereocenters. The molecule has 27 heavy (non-hydrogen) atoms. The van der Waals surface area contributed by atoms with Crippen LogP contribution in [0.5, 0.6) is 0 Å². The zero-order valence-corrected chi connectivity index (χ0v) is 15.0. The molecule has 4 rings (SSSR count). The Hall–Kier alpha value is -3.48. The smallest absolute Gasteiger partial charge is 0.253 e. The summed E-state index contributed by atoms with van der Waals surface area (Å²) in [5.74, 6) is -0.460. The lowest BCUT2D eigenvalue weighted by Crippen LogP contribution is -2.24. The van der Waals surface area contributed by atoms with Crippen LogP contribution in [-0.2, 0) is 13.6 Å². The molecule has 0 aliphatic rings. The molecule has 0 unspecified atom stereocenters. The highest BCUT2D eigenvalue weighted by molar-refractivity contribution is 5.94. The van der Waals surface area contributed by atoms with Gasteiger partial charge in [0.1, 0.15) is 11.5 Å². The van der Waals surface area contributed by atoms with Gasteiger partial charge < -0.3 is 9.72 Å². The number of rotatable bonds is 4. The van der Waals surface area contributed by atoms with E-state index in [1.165, 1.54) is 12.1 Å². The van der Waals surface area contributed by atoms with Gasteiger partial charge in [-0.3, -0.25) is 9.48 Å². The van der Waals surface area contributed by atoms with Gasteiger partial charge in [0, 0.05) is 25.0 Å². The summed E-state index contributed by atoms with van der Waals surface area (Å²) >= 11 is 0. The lowest BCUT2D eigenvalue weighted by Gasteiger charge is -2.06. The standard InChI is InChI=1S/C20H18FN5O/c1-13-9-17(25(2)24-13)10-22-20(27)15-5-8-19-23-18(12-26(19)11-15)14-3-6-16(21)7-4-14/h3-9,11-12H,10H2,1-2H3,(H,22,27). The molecule has 1 amide bonds. The number of aryl methyl sites for hydroxylation is 2. The number of nitrogens with one attached hydrogen (secondary N) is 1. The number of hydrogen-bond donors (Lipinski definition) is 1. The number of carbonyl (C=O) groups excluding carboxylic acids is 1. The summed E-state index contributed by atoms with van der Waals surface area (Å²) in [6.07, 6.45) is 3.56. The average molecular weight is 363 g/mol. The maximum Gasteiger partial charge on any atom is 0.253 e. The minimum Gasteiger partial charge on any atom is -0.346 e. The second-order valence-corrected chi connectivity index (χ2v) is 6.40. The maximum absolute atomic E-state index is 13.1. The summed E-state index contributed by atoms with van der Waals surface area (Å²) in [4.78, 5) is 17.0. The van der Waals surface area contributed by atoms with Gasteiger partial charge in [-0.25, -0.2) is 9.37 Å². The first-order chi connectivity index (χ1) is 13.0. The van der Waals surface area contributed by atoms with Gasteiger partial charge in [0.25, 0.3) is 5.91 Å². The van der Waals surface area contributed by atoms with Crippen molar-refractivity contribution in [2.45, 2.75) is 13.5 Å². The number of hydrogen-bond acceptors (Lipinski definition) is 3. The van der Waals surface area contributed by atoms with E-state index in [0.717, 1.165) is 22.6 Å². The Labute approximate surface area is 155 Å². The second-order valence-electron chi connectivity index (χ2n) is 6.40. The van der Waals surface area contributed by atoms with Crippen molar-refractivity contribution < 1.29 is 9.18 Å². The fraction of sp³-hybridized carbons (Fsp3) is 0.150. The number of halogens is 1. The SMILES string of the molecule is Cc1cc(CNC(=O)c2ccc3nc(-c4ccc(F)cc4)cn3c2)n(C)n1. The summed E-state index contributed by atoms with van der Waals surface area (Å²) in [5, 5.41) is 7.17. The normalized spacial score (nSPS) is 11.1. The maximum atomic E-state index is 13.1. The van der Waals surface area contributed by atoms with Crippen LogP contribution in [0.1, 0.15) is 21.7 Å². The first kappa shape index (κ1) is 17.0. The first-order valence-electron chi connectivity index (χ1n) is 8.52. The minimum atomic E-state index is -0.287. The highest BCUT2D eigenvalue weighted by Gasteiger charge is 2.10. The van der Waals surface area contributed by atoms with Crippen molar-refractivity contribution in [2.75, 3.05) is 0 Å². The number of amides is 1. The molecule has 4 aromatic rings. The van der Waals surface area contributed by atoms with E-state index in [-0.39, 0.29) is 11.7 Å². The zero-order chi connectivity index (χ0) is 19.0. The summed E-state index contributed by atoms with van der Waals surface area (Å²) in [7, 11) is 1.85. The molecule has 7 heteroatoms. The number of benzene rings is 1. The third-order valence-corrected chi connectivity index (χ3v) is 4.38. The third-order valence-electron chi connectivity index (χ3n) is 4.38. The lowest BCUT2D eigenvalue weighted by atomic mass is 10.2. The fourth-order valence-corrected chi connectivity index (χ4v) is 2.99. The van der Waals surface area contributed by atoms with Crippen molar-refractivity contribution in [3.63, 3.8) is 0 Å². The first-order valence-corrected chi connectivity index (χ1v) is 8.52. The molecular formula is C20H18FN5O. The van der Waals surface area contributed by atoms with Crippen LogP contribution in [-0.4, -0.2) is 25.1 Å². The van der Waals surface area contributed by atoms with Gasteiger partial charge in [0.05, 0.1) is 29.2 Å². The number of aromatic nitrogens is 4. The average Bonchev–Trinajstić information content (AvgIpc) is 3.22. The van der Waals surface area contributed by atoms with E-state index in [1.807, 2.05) is 26.2 Å². The van der Waals surface area contributed by atoms with Crippen LogP contribution in [0, 0.1) is 12.7 Å². The number of fused-ring (bicyclic) bond motifs is 1. The van der Waals surface area contributed by atoms with E-state index in [0.29, 0.717) is 17.8 Å². The topological polar surface area (TPSA) is 64.2 Å². The monoisotopic (exact) mass is 363 g/mol. The fourth-order valence-electron chi connectivity index (χ4n) is 2.99. The van der Waals surface area contributed by atoms with Crippen molar-refractivity contribution in [1.29, 1.82) is 0 Å². The van der Waals surface area contributed by atoms with Gasteiger partial charge in [0.2, 0.25) is 0 Å². The lowest BCUT2D eigenvalue weighted by molar-refractivity contribution is 0.0949. The van der Waals surface area contributed by atoms with E-state index < -0.39 is 0 Å². The minimum absolute atomic E-state index is 0.173. The van der Waals surface area contributed by atoms with Crippen LogP contribution >= 0.6 is 0 Å². The molecule has 1 N–H and O–H groups in total. The largest absolute Gasteiger partial charge is 0.346 e. The number of carbonyl (C=O) groups is 1. The molecule has 0 fully saturated rings. The highest BCUT2D eigenvalue weighted by atomic mass is 19.1. The Morgan fingerprint density at radius 3 is 2.63 bits per heavy atom. The zero-order valence-electron chi connectivity index (χ0n) is 15.0. The molecule has 6 nitrogen and oxygen atoms in total. The molecule has 3 aromatic heterocycles. The van der Waals surface area contributed by atoms with Crippen molar-refractivity contribution in [3.05, 3.63) is 77.6 Å². The van der Waals surface area contributed by atoms with Crippen LogP contribution in [0.25, 0.3) is 16.9 Å². The Morgan fingerprint density at radius 2 is 1.93 bits per heavy atom. The van der Waals surface area contributed by atoms with E-state index in [9.17, 15) is 9.18 Å². The summed E-state index contributed by atoms with van der Waals surface area (Å²) in [6, 6.07) is 11.6. The van der Waals surface area contributed by atoms with E-state index >= 15 is 0 Å². The van der Waals surface area contributed by atoms with E-state index in [2.05, 4.69) is 15.4 Å². The van der Waals surface area contributed by atoms with Gasteiger partial charge >= 0.3 is 0 Å². The highest BCUT2D eigenvalue weighted by Crippen LogP contribution is 2.20. The Morgan fingerprint density at radius 1 is 1.15 bits per heavy atom. The van der Waals surface area contributed by atoms with Gasteiger partial charge in [-0.2, -0.15) is 5.10 Å². The number of imidazole rings is 1. The second kappa shape index (κ2) is 6.68. The molecule has 0 spiro atoms. The molecule has 136 valence electrons. The van der Waals surface area contributed by atoms with E-state index in [1.54, 1.807) is 39.5 Å². The van der Waals surface area contributed by atoms with Gasteiger partial charge in [-0.05, 0) is 49.4 Å². The van der Waals surface area contributed by atoms with E-state index in [4.69, 9.17) is 0 Å². The van der Waals surface area contributed by atoms with Crippen molar-refractivity contribution in [1.82, 2.24) is 24.5 Å². The van der Waals surface area contributed by atoms with Crippen molar-refractivity contribution >= 4 is 11.6 Å². The third kappa shape index (κ3) is 3.44. The predicted octanol–water partition coefficient (Wildman–Crippen LogP) is 3.11. The summed E-state index contributed by atoms with van der Waals surface area (Å²) in [5.41, 5.74) is 4.63. The molecule has 3 heterocycles. The molecule has 0 saturated carbocycles. The van der Waals surface area contributed by atoms with Crippen LogP contribution in [0.15, 0.2) is 54.9 Å². The number of nitrogens with zero attached hydrogens (tertiary/aromatic N) is 4. The molecule has 0 aliphatic heterocycles. The quantitative estimate of drug-likeness (QED) is 0.606. The van der Waals surface area contributed by atoms with Gasteiger partial charge in [0.15, 0.2) is 0 Å². The molecular weight excluding hydrogens is 345 g/mol. The Balaban J connectivity index is 1.54. The van der Waals surface area contributed by atoms with Crippen molar-refractivity contribution in [2.24, 2.45) is 7.05 Å². The Kier molecular flexibility index (Phi) is 4.19. The van der Waals surface area contributed by atoms with Crippen LogP contribution in [0.4, 0.5) is 4.39 Å². The van der Waals surface area contributed by atoms with Gasteiger partial charge in [-0.1, -0.05) is 0 Å². The molecule has 0 saturated heterocycles. The molecule has 0 aliphatic carbocycles. The summed E-state index contributed by atoms with van der Waals surface area (Å²) < 4.78 is 16.6. The Bertz CT molecular complexity index is 1130. The van der Waals surface area contributed by atoms with Crippen molar-refractivity contribution in [3.8, 4) is 11.3 Å². The molecule has 0 radical (unpaired) electrons. The van der Waals surface area contributed by atoms with Crippen LogP contribution < -0.4 is 5.32 Å². The number of pyridine rings is 1. The van der Waals surface area contributed by atoms with Crippen LogP contribution in [0.2, 0.25) is 0 Å². The van der Waals surface area contributed by atoms with Crippen LogP contribution in [0.3, 0.4) is 0 Å².